The SMILES string of the molecule is CNC(c1ccc(C)c2ccccc12)C1CCC(C)CC1. The molecule has 1 unspecified atom stereocenters. The molecule has 112 valence electrons. The third-order valence-electron chi connectivity index (χ3n) is 5.35. The maximum absolute atomic E-state index is 3.61. The molecule has 21 heavy (non-hydrogen) atoms. The van der Waals surface area contributed by atoms with Crippen molar-refractivity contribution in [3.05, 3.63) is 47.5 Å². The summed E-state index contributed by atoms with van der Waals surface area (Å²) < 4.78 is 0. The molecule has 0 spiro atoms. The minimum absolute atomic E-state index is 0.489. The predicted molar refractivity (Wildman–Crippen MR) is 91.6 cm³/mol. The van der Waals surface area contributed by atoms with Gasteiger partial charge in [-0.2, -0.15) is 0 Å². The summed E-state index contributed by atoms with van der Waals surface area (Å²) in [5.74, 6) is 1.69. The molecular formula is C20H27N. The summed E-state index contributed by atoms with van der Waals surface area (Å²) in [5, 5.41) is 6.44. The van der Waals surface area contributed by atoms with Crippen LogP contribution in [0.15, 0.2) is 36.4 Å². The Kier molecular flexibility index (Phi) is 4.30. The Morgan fingerprint density at radius 2 is 1.62 bits per heavy atom. The Balaban J connectivity index is 1.99. The van der Waals surface area contributed by atoms with Gasteiger partial charge in [-0.15, -0.1) is 0 Å². The Morgan fingerprint density at radius 1 is 0.952 bits per heavy atom. The van der Waals surface area contributed by atoms with Gasteiger partial charge < -0.3 is 5.32 Å². The van der Waals surface area contributed by atoms with Crippen LogP contribution in [0.25, 0.3) is 10.8 Å². The fraction of sp³-hybridized carbons (Fsp3) is 0.500. The molecule has 1 atom stereocenters. The maximum atomic E-state index is 3.61. The van der Waals surface area contributed by atoms with E-state index in [4.69, 9.17) is 0 Å². The Labute approximate surface area is 128 Å². The van der Waals surface area contributed by atoms with Crippen molar-refractivity contribution in [2.75, 3.05) is 7.05 Å². The summed E-state index contributed by atoms with van der Waals surface area (Å²) in [5.41, 5.74) is 2.86. The number of fused-ring (bicyclic) bond motifs is 1. The number of hydrogen-bond acceptors (Lipinski definition) is 1. The third kappa shape index (κ3) is 2.85. The van der Waals surface area contributed by atoms with Crippen LogP contribution in [0.3, 0.4) is 0 Å². The van der Waals surface area contributed by atoms with Crippen LogP contribution in [0.4, 0.5) is 0 Å². The van der Waals surface area contributed by atoms with Gasteiger partial charge in [-0.05, 0) is 60.5 Å². The Bertz CT molecular complexity index is 608. The third-order valence-corrected chi connectivity index (χ3v) is 5.35. The van der Waals surface area contributed by atoms with Crippen LogP contribution >= 0.6 is 0 Å². The van der Waals surface area contributed by atoms with E-state index in [0.717, 1.165) is 11.8 Å². The summed E-state index contributed by atoms with van der Waals surface area (Å²) in [6.45, 7) is 4.61. The van der Waals surface area contributed by atoms with E-state index in [0.29, 0.717) is 6.04 Å². The molecule has 1 N–H and O–H groups in total. The smallest absolute Gasteiger partial charge is 0.0352 e. The molecule has 0 aliphatic heterocycles. The molecule has 1 heteroatoms. The van der Waals surface area contributed by atoms with Gasteiger partial charge in [0.1, 0.15) is 0 Å². The average Bonchev–Trinajstić information content (AvgIpc) is 2.52. The van der Waals surface area contributed by atoms with Gasteiger partial charge in [0, 0.05) is 6.04 Å². The van der Waals surface area contributed by atoms with E-state index in [2.05, 4.69) is 62.6 Å². The van der Waals surface area contributed by atoms with E-state index < -0.39 is 0 Å². The topological polar surface area (TPSA) is 12.0 Å². The predicted octanol–water partition coefficient (Wildman–Crippen LogP) is 5.24. The first-order valence-corrected chi connectivity index (χ1v) is 8.36. The first kappa shape index (κ1) is 14.6. The van der Waals surface area contributed by atoms with E-state index in [9.17, 15) is 0 Å². The number of nitrogens with one attached hydrogen (secondary N) is 1. The van der Waals surface area contributed by atoms with Gasteiger partial charge in [-0.25, -0.2) is 0 Å². The van der Waals surface area contributed by atoms with Crippen molar-refractivity contribution in [1.82, 2.24) is 5.32 Å². The van der Waals surface area contributed by atoms with Crippen molar-refractivity contribution in [2.45, 2.75) is 45.6 Å². The van der Waals surface area contributed by atoms with Crippen molar-refractivity contribution in [1.29, 1.82) is 0 Å². The zero-order valence-corrected chi connectivity index (χ0v) is 13.5. The first-order chi connectivity index (χ1) is 10.2. The van der Waals surface area contributed by atoms with E-state index in [1.807, 2.05) is 0 Å². The Hall–Kier alpha value is -1.34. The van der Waals surface area contributed by atoms with Gasteiger partial charge >= 0.3 is 0 Å². The van der Waals surface area contributed by atoms with E-state index >= 15 is 0 Å². The largest absolute Gasteiger partial charge is 0.313 e. The van der Waals surface area contributed by atoms with Crippen LogP contribution in [-0.2, 0) is 0 Å². The quantitative estimate of drug-likeness (QED) is 0.811. The zero-order valence-electron chi connectivity index (χ0n) is 13.5. The first-order valence-electron chi connectivity index (χ1n) is 8.36. The molecule has 0 heterocycles. The summed E-state index contributed by atoms with van der Waals surface area (Å²) >= 11 is 0. The van der Waals surface area contributed by atoms with Crippen LogP contribution in [0.1, 0.15) is 49.8 Å². The fourth-order valence-corrected chi connectivity index (χ4v) is 4.01. The summed E-state index contributed by atoms with van der Waals surface area (Å²) in [4.78, 5) is 0. The fourth-order valence-electron chi connectivity index (χ4n) is 4.01. The number of rotatable bonds is 3. The van der Waals surface area contributed by atoms with E-state index in [-0.39, 0.29) is 0 Å². The second kappa shape index (κ2) is 6.19. The zero-order chi connectivity index (χ0) is 14.8. The highest BCUT2D eigenvalue weighted by Crippen LogP contribution is 2.39. The van der Waals surface area contributed by atoms with Crippen LogP contribution in [0, 0.1) is 18.8 Å². The van der Waals surface area contributed by atoms with Crippen molar-refractivity contribution in [2.24, 2.45) is 11.8 Å². The van der Waals surface area contributed by atoms with Gasteiger partial charge in [-0.3, -0.25) is 0 Å². The molecule has 0 bridgehead atoms. The molecule has 1 aliphatic carbocycles. The highest BCUT2D eigenvalue weighted by Gasteiger charge is 2.27. The van der Waals surface area contributed by atoms with Crippen molar-refractivity contribution in [3.8, 4) is 0 Å². The number of aryl methyl sites for hydroxylation is 1. The molecule has 0 radical (unpaired) electrons. The van der Waals surface area contributed by atoms with E-state index in [1.165, 1.54) is 47.6 Å². The summed E-state index contributed by atoms with van der Waals surface area (Å²) in [6.07, 6.45) is 5.48. The van der Waals surface area contributed by atoms with Gasteiger partial charge in [0.2, 0.25) is 0 Å². The molecule has 1 saturated carbocycles. The molecular weight excluding hydrogens is 254 g/mol. The molecule has 0 amide bonds. The molecule has 2 aromatic carbocycles. The molecule has 1 aliphatic rings. The average molecular weight is 281 g/mol. The molecule has 3 rings (SSSR count). The van der Waals surface area contributed by atoms with Gasteiger partial charge in [-0.1, -0.05) is 56.2 Å². The van der Waals surface area contributed by atoms with Crippen LogP contribution < -0.4 is 5.32 Å². The monoisotopic (exact) mass is 281 g/mol. The van der Waals surface area contributed by atoms with E-state index in [1.54, 1.807) is 0 Å². The normalized spacial score (nSPS) is 24.1. The highest BCUT2D eigenvalue weighted by atomic mass is 14.9. The molecule has 1 fully saturated rings. The summed E-state index contributed by atoms with van der Waals surface area (Å²) in [7, 11) is 2.12. The maximum Gasteiger partial charge on any atom is 0.0352 e. The van der Waals surface area contributed by atoms with Crippen molar-refractivity contribution in [3.63, 3.8) is 0 Å². The lowest BCUT2D eigenvalue weighted by atomic mass is 9.76. The van der Waals surface area contributed by atoms with Crippen LogP contribution in [0.2, 0.25) is 0 Å². The molecule has 2 aromatic rings. The van der Waals surface area contributed by atoms with Crippen LogP contribution in [0.5, 0.6) is 0 Å². The number of hydrogen-bond donors (Lipinski definition) is 1. The standard InChI is InChI=1S/C20H27N/c1-14-8-11-16(12-9-14)20(21-3)19-13-10-15(2)17-6-4-5-7-18(17)19/h4-7,10,13-14,16,20-21H,8-9,11-12H2,1-3H3. The molecule has 0 aromatic heterocycles. The minimum Gasteiger partial charge on any atom is -0.313 e. The second-order valence-electron chi connectivity index (χ2n) is 6.80. The van der Waals surface area contributed by atoms with Gasteiger partial charge in [0.25, 0.3) is 0 Å². The lowest BCUT2D eigenvalue weighted by Crippen LogP contribution is -2.28. The molecule has 0 saturated heterocycles. The number of benzene rings is 2. The van der Waals surface area contributed by atoms with Crippen LogP contribution in [-0.4, -0.2) is 7.05 Å². The second-order valence-corrected chi connectivity index (χ2v) is 6.80. The Morgan fingerprint density at radius 3 is 2.29 bits per heavy atom. The summed E-state index contributed by atoms with van der Waals surface area (Å²) in [6, 6.07) is 14.0. The lowest BCUT2D eigenvalue weighted by molar-refractivity contribution is 0.239. The molecule has 1 nitrogen and oxygen atoms in total. The van der Waals surface area contributed by atoms with Crippen molar-refractivity contribution < 1.29 is 0 Å². The van der Waals surface area contributed by atoms with Crippen molar-refractivity contribution >= 4 is 10.8 Å². The van der Waals surface area contributed by atoms with Gasteiger partial charge in [0.15, 0.2) is 0 Å². The minimum atomic E-state index is 0.489. The highest BCUT2D eigenvalue weighted by molar-refractivity contribution is 5.88. The van der Waals surface area contributed by atoms with Gasteiger partial charge in [0.05, 0.1) is 0 Å². The lowest BCUT2D eigenvalue weighted by Gasteiger charge is -2.33.